The van der Waals surface area contributed by atoms with Gasteiger partial charge >= 0.3 is 0 Å². The Morgan fingerprint density at radius 3 is 1.06 bits per heavy atom. The Hall–Kier alpha value is -1.99. The Bertz CT molecular complexity index is 1830. The molecule has 3 aliphatic rings. The molecule has 93 heavy (non-hydrogen) atoms. The van der Waals surface area contributed by atoms with Crippen LogP contribution >= 0.6 is 0 Å². The van der Waals surface area contributed by atoms with Crippen LogP contribution in [0.15, 0.2) is 36.5 Å². The van der Waals surface area contributed by atoms with Gasteiger partial charge in [0.25, 0.3) is 0 Å². The summed E-state index contributed by atoms with van der Waals surface area (Å²) in [6.45, 7) is 1.59. The molecule has 3 heterocycles. The van der Waals surface area contributed by atoms with Crippen molar-refractivity contribution in [1.82, 2.24) is 5.32 Å². The van der Waals surface area contributed by atoms with E-state index < -0.39 is 124 Å². The molecule has 3 rings (SSSR count). The van der Waals surface area contributed by atoms with E-state index in [1.807, 2.05) is 6.08 Å². The van der Waals surface area contributed by atoms with E-state index in [1.165, 1.54) is 218 Å². The van der Waals surface area contributed by atoms with Crippen LogP contribution in [-0.4, -0.2) is 193 Å². The zero-order valence-electron chi connectivity index (χ0n) is 58.0. The molecule has 3 saturated heterocycles. The number of unbranched alkanes of at least 4 members (excludes halogenated alkanes) is 39. The van der Waals surface area contributed by atoms with E-state index in [0.717, 1.165) is 44.9 Å². The second-order valence-corrected chi connectivity index (χ2v) is 27.1. The van der Waals surface area contributed by atoms with E-state index in [2.05, 4.69) is 43.5 Å². The van der Waals surface area contributed by atoms with Gasteiger partial charge in [-0.1, -0.05) is 288 Å². The highest BCUT2D eigenvalue weighted by Gasteiger charge is 2.53. The SMILES string of the molecule is CC/C=C/CC/C=C/CC/C=C/C(O)C(COC1OC(CO)C(OC2OC(CO)C(OC3OC(CO)C(O)C(O)C3O)C(O)C2O)C(O)C1O)NC(=O)CCCCCCCCCCCCCCCCCCCCCCCCCCCCCCCCCCCCCCCC. The highest BCUT2D eigenvalue weighted by molar-refractivity contribution is 5.76. The molecular formula is C74H137NO18. The van der Waals surface area contributed by atoms with E-state index in [1.54, 1.807) is 6.08 Å². The van der Waals surface area contributed by atoms with Crippen molar-refractivity contribution in [2.24, 2.45) is 0 Å². The molecule has 17 atom stereocenters. The lowest BCUT2D eigenvalue weighted by Gasteiger charge is -2.48. The minimum absolute atomic E-state index is 0.235. The number of aliphatic hydroxyl groups excluding tert-OH is 11. The average Bonchev–Trinajstić information content (AvgIpc) is 0.803. The van der Waals surface area contributed by atoms with Gasteiger partial charge in [-0.25, -0.2) is 0 Å². The molecule has 0 saturated carbocycles. The molecule has 546 valence electrons. The molecular weight excluding hydrogens is 1190 g/mol. The predicted molar refractivity (Wildman–Crippen MR) is 365 cm³/mol. The van der Waals surface area contributed by atoms with Crippen molar-refractivity contribution in [3.8, 4) is 0 Å². The molecule has 0 spiro atoms. The van der Waals surface area contributed by atoms with Crippen LogP contribution in [0.1, 0.15) is 296 Å². The van der Waals surface area contributed by atoms with Crippen LogP contribution in [0.5, 0.6) is 0 Å². The normalized spacial score (nSPS) is 27.7. The second kappa shape index (κ2) is 55.8. The van der Waals surface area contributed by atoms with Crippen LogP contribution in [-0.2, 0) is 33.2 Å². The van der Waals surface area contributed by atoms with E-state index in [-0.39, 0.29) is 18.9 Å². The van der Waals surface area contributed by atoms with Crippen molar-refractivity contribution < 1.29 is 89.4 Å². The number of carbonyl (C=O) groups excluding carboxylic acids is 1. The summed E-state index contributed by atoms with van der Waals surface area (Å²) in [4.78, 5) is 13.4. The molecule has 0 aromatic heterocycles. The summed E-state index contributed by atoms with van der Waals surface area (Å²) in [5, 5.41) is 120. The summed E-state index contributed by atoms with van der Waals surface area (Å²) in [5.41, 5.74) is 0. The fraction of sp³-hybridized carbons (Fsp3) is 0.905. The zero-order chi connectivity index (χ0) is 67.5. The van der Waals surface area contributed by atoms with Gasteiger partial charge in [-0.15, -0.1) is 0 Å². The number of aliphatic hydroxyl groups is 11. The minimum Gasteiger partial charge on any atom is -0.394 e. The molecule has 12 N–H and O–H groups in total. The summed E-state index contributed by atoms with van der Waals surface area (Å²) in [6.07, 6.45) is 40.7. The standard InChI is InChI=1S/C74H137NO18/c1-3-5-7-9-11-13-15-16-17-18-19-20-21-22-23-24-25-26-27-28-29-30-31-32-33-34-35-36-37-38-39-40-41-42-44-46-48-50-52-62(80)75-57(58(79)51-49-47-45-43-14-12-10-8-6-4-2)56-88-72-68(86)65(83)70(60(54-77)90-72)93-74-69(87)66(84)71(61(55-78)91-74)92-73-67(85)64(82)63(81)59(53-76)89-73/h6,8,14,43,49,51,57-61,63-74,76-79,81-87H,3-5,7,9-13,15-42,44-48,50,52-56H2,1-2H3,(H,75,80)/b8-6+,43-14+,51-49+. The summed E-state index contributed by atoms with van der Waals surface area (Å²) in [5.74, 6) is -0.287. The number of ether oxygens (including phenoxy) is 6. The molecule has 0 aromatic carbocycles. The van der Waals surface area contributed by atoms with Gasteiger partial charge in [0, 0.05) is 6.42 Å². The Balaban J connectivity index is 1.26. The van der Waals surface area contributed by atoms with Crippen molar-refractivity contribution in [3.63, 3.8) is 0 Å². The van der Waals surface area contributed by atoms with E-state index in [9.17, 15) is 61.0 Å². The minimum atomic E-state index is -1.98. The summed E-state index contributed by atoms with van der Waals surface area (Å²) < 4.78 is 34.3. The first-order valence-corrected chi connectivity index (χ1v) is 37.7. The molecule has 17 unspecified atom stereocenters. The van der Waals surface area contributed by atoms with Crippen LogP contribution in [0.25, 0.3) is 0 Å². The first-order valence-electron chi connectivity index (χ1n) is 37.7. The van der Waals surface area contributed by atoms with Crippen LogP contribution < -0.4 is 5.32 Å². The molecule has 3 aliphatic heterocycles. The Labute approximate surface area is 561 Å². The Kier molecular flexibility index (Phi) is 51.2. The monoisotopic (exact) mass is 1330 g/mol. The van der Waals surface area contributed by atoms with E-state index in [4.69, 9.17) is 28.4 Å². The van der Waals surface area contributed by atoms with Gasteiger partial charge in [-0.05, 0) is 38.5 Å². The van der Waals surface area contributed by atoms with Crippen LogP contribution in [0.3, 0.4) is 0 Å². The highest BCUT2D eigenvalue weighted by atomic mass is 16.8. The molecule has 0 aliphatic carbocycles. The Morgan fingerprint density at radius 1 is 0.387 bits per heavy atom. The number of allylic oxidation sites excluding steroid dienone is 5. The zero-order valence-corrected chi connectivity index (χ0v) is 58.0. The van der Waals surface area contributed by atoms with Crippen molar-refractivity contribution in [2.75, 3.05) is 26.4 Å². The average molecular weight is 1330 g/mol. The van der Waals surface area contributed by atoms with E-state index >= 15 is 0 Å². The fourth-order valence-electron chi connectivity index (χ4n) is 12.9. The molecule has 19 heteroatoms. The molecule has 1 amide bonds. The van der Waals surface area contributed by atoms with Crippen molar-refractivity contribution >= 4 is 5.91 Å². The van der Waals surface area contributed by atoms with Gasteiger partial charge in [0.05, 0.1) is 38.6 Å². The number of carbonyl (C=O) groups is 1. The second-order valence-electron chi connectivity index (χ2n) is 27.1. The van der Waals surface area contributed by atoms with Gasteiger partial charge in [-0.2, -0.15) is 0 Å². The van der Waals surface area contributed by atoms with Crippen LogP contribution in [0.2, 0.25) is 0 Å². The van der Waals surface area contributed by atoms with Crippen LogP contribution in [0, 0.1) is 0 Å². The first kappa shape index (κ1) is 85.2. The largest absolute Gasteiger partial charge is 0.394 e. The molecule has 0 radical (unpaired) electrons. The maximum atomic E-state index is 13.4. The number of nitrogens with one attached hydrogen (secondary N) is 1. The summed E-state index contributed by atoms with van der Waals surface area (Å²) in [6, 6.07) is -0.993. The van der Waals surface area contributed by atoms with Crippen molar-refractivity contribution in [2.45, 2.75) is 401 Å². The van der Waals surface area contributed by atoms with Gasteiger partial charge in [-0.3, -0.25) is 4.79 Å². The van der Waals surface area contributed by atoms with E-state index in [0.29, 0.717) is 12.8 Å². The van der Waals surface area contributed by atoms with Crippen molar-refractivity contribution in [3.05, 3.63) is 36.5 Å². The lowest BCUT2D eigenvalue weighted by molar-refractivity contribution is -0.379. The molecule has 0 bridgehead atoms. The Morgan fingerprint density at radius 2 is 0.699 bits per heavy atom. The number of rotatable bonds is 59. The number of hydrogen-bond acceptors (Lipinski definition) is 18. The van der Waals surface area contributed by atoms with Gasteiger partial charge < -0.3 is 89.9 Å². The lowest BCUT2D eigenvalue weighted by Crippen LogP contribution is -2.66. The van der Waals surface area contributed by atoms with Gasteiger partial charge in [0.15, 0.2) is 18.9 Å². The van der Waals surface area contributed by atoms with Crippen molar-refractivity contribution in [1.29, 1.82) is 0 Å². The third kappa shape index (κ3) is 37.1. The third-order valence-corrected chi connectivity index (χ3v) is 18.9. The predicted octanol–water partition coefficient (Wildman–Crippen LogP) is 11.2. The first-order chi connectivity index (χ1) is 45.3. The quantitative estimate of drug-likeness (QED) is 0.0199. The molecule has 19 nitrogen and oxygen atoms in total. The lowest BCUT2D eigenvalue weighted by atomic mass is 9.96. The van der Waals surface area contributed by atoms with Crippen LogP contribution in [0.4, 0.5) is 0 Å². The number of hydrogen-bond donors (Lipinski definition) is 12. The topological polar surface area (TPSA) is 307 Å². The fourth-order valence-corrected chi connectivity index (χ4v) is 12.9. The highest BCUT2D eigenvalue weighted by Crippen LogP contribution is 2.33. The van der Waals surface area contributed by atoms with Gasteiger partial charge in [0.1, 0.15) is 73.2 Å². The molecule has 3 fully saturated rings. The maximum Gasteiger partial charge on any atom is 0.220 e. The number of amides is 1. The summed E-state index contributed by atoms with van der Waals surface area (Å²) in [7, 11) is 0. The third-order valence-electron chi connectivity index (χ3n) is 18.9. The smallest absolute Gasteiger partial charge is 0.220 e. The maximum absolute atomic E-state index is 13.4. The summed E-state index contributed by atoms with van der Waals surface area (Å²) >= 11 is 0. The molecule has 0 aromatic rings. The van der Waals surface area contributed by atoms with Gasteiger partial charge in [0.2, 0.25) is 5.91 Å².